The van der Waals surface area contributed by atoms with Crippen LogP contribution in [0.5, 0.6) is 0 Å². The molecule has 0 saturated carbocycles. The predicted molar refractivity (Wildman–Crippen MR) is 210 cm³/mol. The van der Waals surface area contributed by atoms with Crippen LogP contribution in [0.2, 0.25) is 0 Å². The van der Waals surface area contributed by atoms with Crippen LogP contribution in [0.25, 0.3) is 22.4 Å². The number of benzene rings is 5. The number of anilines is 3. The van der Waals surface area contributed by atoms with Crippen molar-refractivity contribution in [2.75, 3.05) is 10.2 Å². The predicted octanol–water partition coefficient (Wildman–Crippen LogP) is 9.59. The van der Waals surface area contributed by atoms with E-state index in [9.17, 15) is 24.2 Å². The van der Waals surface area contributed by atoms with Crippen molar-refractivity contribution >= 4 is 28.9 Å². The highest BCUT2D eigenvalue weighted by molar-refractivity contribution is 6.12. The Balaban J connectivity index is 1.31. The van der Waals surface area contributed by atoms with Gasteiger partial charge in [0, 0.05) is 34.9 Å². The number of rotatable bonds is 14. The summed E-state index contributed by atoms with van der Waals surface area (Å²) in [6.45, 7) is 4.33. The third kappa shape index (κ3) is 8.80. The van der Waals surface area contributed by atoms with E-state index in [1.54, 1.807) is 17.0 Å². The number of aromatic nitrogens is 1. The minimum absolute atomic E-state index is 0.0276. The number of amides is 2. The van der Waals surface area contributed by atoms with E-state index in [2.05, 4.69) is 5.32 Å². The smallest absolute Gasteiger partial charge is 0.258 e. The lowest BCUT2D eigenvalue weighted by Gasteiger charge is -2.25. The molecule has 2 unspecified atom stereocenters. The van der Waals surface area contributed by atoms with Gasteiger partial charge in [0.1, 0.15) is 5.82 Å². The summed E-state index contributed by atoms with van der Waals surface area (Å²) in [5, 5.41) is 25.6. The molecule has 3 N–H and O–H groups in total. The lowest BCUT2D eigenvalue weighted by molar-refractivity contribution is -0.120. The summed E-state index contributed by atoms with van der Waals surface area (Å²) < 4.78 is 16.3. The normalized spacial score (nSPS) is 12.3. The monoisotopic (exact) mass is 709 g/mol. The summed E-state index contributed by atoms with van der Waals surface area (Å²) in [4.78, 5) is 29.5. The first-order valence-electron chi connectivity index (χ1n) is 17.9. The van der Waals surface area contributed by atoms with Gasteiger partial charge in [-0.25, -0.2) is 4.39 Å². The zero-order valence-corrected chi connectivity index (χ0v) is 29.9. The Morgan fingerprint density at radius 1 is 0.698 bits per heavy atom. The van der Waals surface area contributed by atoms with Gasteiger partial charge in [0.05, 0.1) is 29.9 Å². The van der Waals surface area contributed by atoms with Crippen molar-refractivity contribution in [1.82, 2.24) is 4.57 Å². The number of nitrogens with one attached hydrogen (secondary N) is 1. The van der Waals surface area contributed by atoms with Crippen LogP contribution in [-0.4, -0.2) is 38.8 Å². The van der Waals surface area contributed by atoms with Gasteiger partial charge in [0.2, 0.25) is 5.91 Å². The lowest BCUT2D eigenvalue weighted by Crippen LogP contribution is -2.31. The Kier molecular flexibility index (Phi) is 11.9. The molecule has 2 amide bonds. The van der Waals surface area contributed by atoms with Gasteiger partial charge < -0.3 is 20.1 Å². The molecule has 7 nitrogen and oxygen atoms in total. The fourth-order valence-corrected chi connectivity index (χ4v) is 6.89. The Hall–Kier alpha value is -5.83. The molecular formula is C45H44FN3O4. The summed E-state index contributed by atoms with van der Waals surface area (Å²) in [6, 6.07) is 43.6. The number of hydrogen-bond donors (Lipinski definition) is 3. The number of hydrogen-bond acceptors (Lipinski definition) is 4. The average molecular weight is 710 g/mol. The fraction of sp³-hybridized carbons (Fsp3) is 0.200. The Morgan fingerprint density at radius 2 is 1.23 bits per heavy atom. The van der Waals surface area contributed by atoms with E-state index in [1.807, 2.05) is 140 Å². The van der Waals surface area contributed by atoms with Crippen LogP contribution in [0.3, 0.4) is 0 Å². The van der Waals surface area contributed by atoms with E-state index in [4.69, 9.17) is 0 Å². The van der Waals surface area contributed by atoms with Crippen LogP contribution >= 0.6 is 0 Å². The number of aliphatic hydroxyl groups is 2. The van der Waals surface area contributed by atoms with E-state index in [0.29, 0.717) is 40.3 Å². The molecule has 8 heteroatoms. The third-order valence-corrected chi connectivity index (χ3v) is 9.21. The van der Waals surface area contributed by atoms with E-state index in [-0.39, 0.29) is 42.8 Å². The second-order valence-corrected chi connectivity index (χ2v) is 13.4. The second kappa shape index (κ2) is 17.1. The standard InChI is InChI=1S/C45H44FN3O4/c1-31(2)43-42(45(53)47-35-17-9-4-10-18-35)41(32-15-7-3-8-16-32)44(33-23-25-34(46)26-24-33)48(43)28-27-38(50)29-39(51)30-40(52)49(36-19-11-5-12-20-36)37-21-13-6-14-22-37/h3-26,31,38-39,50-51H,27-30H2,1-2H3,(H,47,53). The van der Waals surface area contributed by atoms with Crippen molar-refractivity contribution in [3.05, 3.63) is 163 Å². The molecule has 1 aromatic heterocycles. The maximum Gasteiger partial charge on any atom is 0.258 e. The average Bonchev–Trinajstić information content (AvgIpc) is 3.51. The zero-order chi connectivity index (χ0) is 37.3. The van der Waals surface area contributed by atoms with Crippen molar-refractivity contribution in [1.29, 1.82) is 0 Å². The quantitative estimate of drug-likeness (QED) is 0.105. The molecule has 0 fully saturated rings. The minimum Gasteiger partial charge on any atom is -0.393 e. The molecule has 0 radical (unpaired) electrons. The van der Waals surface area contributed by atoms with Crippen LogP contribution in [0.15, 0.2) is 146 Å². The van der Waals surface area contributed by atoms with E-state index >= 15 is 0 Å². The van der Waals surface area contributed by atoms with Gasteiger partial charge in [0.25, 0.3) is 5.91 Å². The van der Waals surface area contributed by atoms with Gasteiger partial charge >= 0.3 is 0 Å². The molecule has 0 saturated heterocycles. The first-order chi connectivity index (χ1) is 25.7. The number of para-hydroxylation sites is 3. The molecule has 0 aliphatic rings. The molecule has 6 aromatic rings. The molecule has 0 aliphatic heterocycles. The highest BCUT2D eigenvalue weighted by Gasteiger charge is 2.31. The van der Waals surface area contributed by atoms with Crippen LogP contribution in [0.1, 0.15) is 55.1 Å². The summed E-state index contributed by atoms with van der Waals surface area (Å²) in [5.41, 5.74) is 6.24. The molecule has 0 bridgehead atoms. The SMILES string of the molecule is CC(C)c1c(C(=O)Nc2ccccc2)c(-c2ccccc2)c(-c2ccc(F)cc2)n1CCC(O)CC(O)CC(=O)N(c1ccccc1)c1ccccc1. The summed E-state index contributed by atoms with van der Waals surface area (Å²) >= 11 is 0. The van der Waals surface area contributed by atoms with E-state index in [1.165, 1.54) is 12.1 Å². The van der Waals surface area contributed by atoms with Crippen molar-refractivity contribution < 1.29 is 24.2 Å². The molecule has 6 rings (SSSR count). The van der Waals surface area contributed by atoms with Crippen LogP contribution in [0, 0.1) is 5.82 Å². The second-order valence-electron chi connectivity index (χ2n) is 13.4. The number of carbonyl (C=O) groups is 2. The van der Waals surface area contributed by atoms with Crippen molar-refractivity contribution in [2.45, 2.75) is 57.8 Å². The first-order valence-corrected chi connectivity index (χ1v) is 17.9. The molecule has 1 heterocycles. The maximum atomic E-state index is 14.3. The van der Waals surface area contributed by atoms with Gasteiger partial charge in [-0.05, 0) is 90.6 Å². The van der Waals surface area contributed by atoms with Crippen molar-refractivity contribution in [3.63, 3.8) is 0 Å². The number of carbonyl (C=O) groups excluding carboxylic acids is 2. The number of aliphatic hydroxyl groups excluding tert-OH is 2. The maximum absolute atomic E-state index is 14.3. The lowest BCUT2D eigenvalue weighted by atomic mass is 9.94. The molecular weight excluding hydrogens is 666 g/mol. The van der Waals surface area contributed by atoms with Crippen LogP contribution in [0.4, 0.5) is 21.5 Å². The minimum atomic E-state index is -1.11. The highest BCUT2D eigenvalue weighted by atomic mass is 19.1. The Morgan fingerprint density at radius 3 is 1.77 bits per heavy atom. The van der Waals surface area contributed by atoms with Gasteiger partial charge in [0.15, 0.2) is 0 Å². The largest absolute Gasteiger partial charge is 0.393 e. The first kappa shape index (κ1) is 36.9. The van der Waals surface area contributed by atoms with E-state index in [0.717, 1.165) is 17.0 Å². The summed E-state index contributed by atoms with van der Waals surface area (Å²) in [5.74, 6) is -1.08. The molecule has 0 aliphatic carbocycles. The molecule has 270 valence electrons. The van der Waals surface area contributed by atoms with Crippen LogP contribution in [-0.2, 0) is 11.3 Å². The topological polar surface area (TPSA) is 94.8 Å². The van der Waals surface area contributed by atoms with E-state index < -0.39 is 12.2 Å². The summed E-state index contributed by atoms with van der Waals surface area (Å²) in [7, 11) is 0. The van der Waals surface area contributed by atoms with Gasteiger partial charge in [-0.1, -0.05) is 98.8 Å². The van der Waals surface area contributed by atoms with Crippen LogP contribution < -0.4 is 10.2 Å². The van der Waals surface area contributed by atoms with Crippen molar-refractivity contribution in [2.24, 2.45) is 0 Å². The molecule has 53 heavy (non-hydrogen) atoms. The summed E-state index contributed by atoms with van der Waals surface area (Å²) in [6.07, 6.45) is -2.07. The molecule has 2 atom stereocenters. The van der Waals surface area contributed by atoms with Gasteiger partial charge in [-0.3, -0.25) is 14.5 Å². The molecule has 0 spiro atoms. The number of halogens is 1. The zero-order valence-electron chi connectivity index (χ0n) is 29.9. The third-order valence-electron chi connectivity index (χ3n) is 9.21. The molecule has 5 aromatic carbocycles. The number of nitrogens with zero attached hydrogens (tertiary/aromatic N) is 2. The highest BCUT2D eigenvalue weighted by Crippen LogP contribution is 2.43. The van der Waals surface area contributed by atoms with Gasteiger partial charge in [-0.2, -0.15) is 0 Å². The Bertz CT molecular complexity index is 2060. The van der Waals surface area contributed by atoms with Crippen molar-refractivity contribution in [3.8, 4) is 22.4 Å². The van der Waals surface area contributed by atoms with Gasteiger partial charge in [-0.15, -0.1) is 0 Å². The Labute approximate surface area is 310 Å². The fourth-order valence-electron chi connectivity index (χ4n) is 6.89.